The van der Waals surface area contributed by atoms with E-state index in [9.17, 15) is 14.4 Å². The monoisotopic (exact) mass is 1070 g/mol. The van der Waals surface area contributed by atoms with Gasteiger partial charge in [-0.3, -0.25) is 14.4 Å². The maximum atomic E-state index is 12.9. The minimum Gasteiger partial charge on any atom is -0.462 e. The van der Waals surface area contributed by atoms with E-state index in [0.29, 0.717) is 12.8 Å². The molecule has 0 rings (SSSR count). The van der Waals surface area contributed by atoms with Gasteiger partial charge in [-0.05, 0) is 122 Å². The van der Waals surface area contributed by atoms with Crippen LogP contribution in [0.5, 0.6) is 0 Å². The molecule has 0 amide bonds. The lowest BCUT2D eigenvalue weighted by molar-refractivity contribution is -0.167. The summed E-state index contributed by atoms with van der Waals surface area (Å²) in [6, 6.07) is 0. The molecule has 77 heavy (non-hydrogen) atoms. The zero-order valence-electron chi connectivity index (χ0n) is 50.7. The predicted octanol–water partition coefficient (Wildman–Crippen LogP) is 22.4. The molecule has 0 saturated heterocycles. The highest BCUT2D eigenvalue weighted by Gasteiger charge is 2.19. The second-order valence-electron chi connectivity index (χ2n) is 21.6. The molecule has 0 N–H and O–H groups in total. The summed E-state index contributed by atoms with van der Waals surface area (Å²) in [5.41, 5.74) is 0. The first-order valence-corrected chi connectivity index (χ1v) is 32.7. The second-order valence-corrected chi connectivity index (χ2v) is 21.6. The molecule has 0 fully saturated rings. The maximum absolute atomic E-state index is 12.9. The number of hydrogen-bond donors (Lipinski definition) is 0. The number of carbonyl (C=O) groups excluding carboxylic acids is 3. The summed E-state index contributed by atoms with van der Waals surface area (Å²) in [5, 5.41) is 0. The zero-order valence-corrected chi connectivity index (χ0v) is 50.7. The van der Waals surface area contributed by atoms with Gasteiger partial charge in [0.1, 0.15) is 13.2 Å². The van der Waals surface area contributed by atoms with Gasteiger partial charge < -0.3 is 14.2 Å². The summed E-state index contributed by atoms with van der Waals surface area (Å²) in [6.45, 7) is 6.51. The van der Waals surface area contributed by atoms with Gasteiger partial charge in [0.15, 0.2) is 6.10 Å². The highest BCUT2D eigenvalue weighted by atomic mass is 16.6. The van der Waals surface area contributed by atoms with Gasteiger partial charge in [0.05, 0.1) is 0 Å². The summed E-state index contributed by atoms with van der Waals surface area (Å²) in [4.78, 5) is 38.4. The first-order valence-electron chi connectivity index (χ1n) is 32.7. The van der Waals surface area contributed by atoms with E-state index in [1.807, 2.05) is 0 Å². The standard InChI is InChI=1S/C71H122O6/c1-4-7-10-13-16-19-22-25-28-31-34-35-38-40-43-46-49-52-55-58-61-64-70(73)76-67-68(77-71(74)65-62-59-56-53-50-47-44-41-37-33-30-27-24-21-18-15-12-9-6-3)66-75-69(72)63-60-57-54-51-48-45-42-39-36-32-29-26-23-20-17-14-11-8-5-2/h9,12,18,21-22,25-27,29-31,34,37,41,47,50,68H,4-8,10-11,13-17,19-20,23-24,28,32-33,35-36,38-40,42-46,48-49,51-67H2,1-3H3/b12-9-,21-18-,25-22-,29-26-,30-27-,34-31-,41-37-,50-47-. The van der Waals surface area contributed by atoms with Crippen molar-refractivity contribution in [1.29, 1.82) is 0 Å². The van der Waals surface area contributed by atoms with Gasteiger partial charge in [-0.25, -0.2) is 0 Å². The largest absolute Gasteiger partial charge is 0.462 e. The normalized spacial score (nSPS) is 12.7. The number of allylic oxidation sites excluding steroid dienone is 16. The average molecular weight is 1070 g/mol. The molecule has 0 aromatic carbocycles. The fraction of sp³-hybridized carbons (Fsp3) is 0.732. The first kappa shape index (κ1) is 73.3. The second kappa shape index (κ2) is 64.9. The third-order valence-electron chi connectivity index (χ3n) is 14.0. The molecule has 0 heterocycles. The van der Waals surface area contributed by atoms with Gasteiger partial charge in [0.25, 0.3) is 0 Å². The summed E-state index contributed by atoms with van der Waals surface area (Å²) in [7, 11) is 0. The minimum absolute atomic E-state index is 0.0928. The Labute approximate surface area is 477 Å². The number of hydrogen-bond acceptors (Lipinski definition) is 6. The van der Waals surface area contributed by atoms with Crippen LogP contribution in [0, 0.1) is 0 Å². The predicted molar refractivity (Wildman–Crippen MR) is 334 cm³/mol. The van der Waals surface area contributed by atoms with Crippen molar-refractivity contribution in [3.8, 4) is 0 Å². The molecular formula is C71H122O6. The van der Waals surface area contributed by atoms with Crippen LogP contribution in [0.25, 0.3) is 0 Å². The lowest BCUT2D eigenvalue weighted by atomic mass is 10.1. The van der Waals surface area contributed by atoms with Crippen LogP contribution in [0.1, 0.15) is 316 Å². The number of esters is 3. The van der Waals surface area contributed by atoms with Crippen molar-refractivity contribution in [1.82, 2.24) is 0 Å². The van der Waals surface area contributed by atoms with E-state index < -0.39 is 6.10 Å². The molecule has 0 aliphatic rings. The Morgan fingerprint density at radius 2 is 0.506 bits per heavy atom. The van der Waals surface area contributed by atoms with Crippen LogP contribution >= 0.6 is 0 Å². The van der Waals surface area contributed by atoms with Gasteiger partial charge in [-0.15, -0.1) is 0 Å². The average Bonchev–Trinajstić information content (AvgIpc) is 3.43. The van der Waals surface area contributed by atoms with E-state index in [1.165, 1.54) is 173 Å². The number of rotatable bonds is 59. The Morgan fingerprint density at radius 1 is 0.273 bits per heavy atom. The molecule has 0 radical (unpaired) electrons. The molecular weight excluding hydrogens is 949 g/mol. The Morgan fingerprint density at radius 3 is 0.818 bits per heavy atom. The number of unbranched alkanes of at least 4 members (excludes halogenated alkanes) is 32. The van der Waals surface area contributed by atoms with Crippen molar-refractivity contribution in [2.45, 2.75) is 322 Å². The summed E-state index contributed by atoms with van der Waals surface area (Å²) in [6.07, 6.45) is 86.9. The van der Waals surface area contributed by atoms with E-state index >= 15 is 0 Å². The Balaban J connectivity index is 4.44. The van der Waals surface area contributed by atoms with Crippen molar-refractivity contribution in [3.63, 3.8) is 0 Å². The van der Waals surface area contributed by atoms with Crippen LogP contribution in [0.3, 0.4) is 0 Å². The maximum Gasteiger partial charge on any atom is 0.306 e. The lowest BCUT2D eigenvalue weighted by Crippen LogP contribution is -2.30. The highest BCUT2D eigenvalue weighted by molar-refractivity contribution is 5.71. The molecule has 0 bridgehead atoms. The zero-order chi connectivity index (χ0) is 55.7. The smallest absolute Gasteiger partial charge is 0.306 e. The molecule has 0 aliphatic carbocycles. The lowest BCUT2D eigenvalue weighted by Gasteiger charge is -2.18. The Hall–Kier alpha value is -3.67. The summed E-state index contributed by atoms with van der Waals surface area (Å²) >= 11 is 0. The van der Waals surface area contributed by atoms with E-state index in [2.05, 4.69) is 118 Å². The molecule has 6 nitrogen and oxygen atoms in total. The summed E-state index contributed by atoms with van der Waals surface area (Å²) in [5.74, 6) is -0.920. The van der Waals surface area contributed by atoms with Crippen LogP contribution < -0.4 is 0 Å². The van der Waals surface area contributed by atoms with Gasteiger partial charge >= 0.3 is 17.9 Å². The van der Waals surface area contributed by atoms with Crippen molar-refractivity contribution in [2.75, 3.05) is 13.2 Å². The van der Waals surface area contributed by atoms with Gasteiger partial charge in [-0.1, -0.05) is 272 Å². The highest BCUT2D eigenvalue weighted by Crippen LogP contribution is 2.16. The molecule has 0 aromatic heterocycles. The molecule has 6 heteroatoms. The van der Waals surface area contributed by atoms with Crippen molar-refractivity contribution in [2.24, 2.45) is 0 Å². The number of ether oxygens (including phenoxy) is 3. The third-order valence-corrected chi connectivity index (χ3v) is 14.0. The van der Waals surface area contributed by atoms with Gasteiger partial charge in [0, 0.05) is 19.3 Å². The van der Waals surface area contributed by atoms with E-state index in [0.717, 1.165) is 103 Å². The van der Waals surface area contributed by atoms with Gasteiger partial charge in [0.2, 0.25) is 0 Å². The topological polar surface area (TPSA) is 78.9 Å². The summed E-state index contributed by atoms with van der Waals surface area (Å²) < 4.78 is 16.9. The van der Waals surface area contributed by atoms with Gasteiger partial charge in [-0.2, -0.15) is 0 Å². The fourth-order valence-corrected chi connectivity index (χ4v) is 9.14. The number of carbonyl (C=O) groups is 3. The van der Waals surface area contributed by atoms with E-state index in [-0.39, 0.29) is 37.5 Å². The van der Waals surface area contributed by atoms with Crippen LogP contribution in [0.15, 0.2) is 97.2 Å². The molecule has 0 aromatic rings. The third kappa shape index (κ3) is 63.0. The quantitative estimate of drug-likeness (QED) is 0.0261. The minimum atomic E-state index is -0.800. The molecule has 1 atom stereocenters. The molecule has 0 spiro atoms. The SMILES string of the molecule is CC/C=C\C/C=C\C/C=C\C/C=C\C/C=C\CCCCCC(=O)OC(COC(=O)CCCCCCCCCCC/C=C\C/C=C\CCCCCCC)COC(=O)CCCCCCCCCCC/C=C\CCCCCCCC. The first-order chi connectivity index (χ1) is 38.0. The van der Waals surface area contributed by atoms with Crippen molar-refractivity contribution in [3.05, 3.63) is 97.2 Å². The van der Waals surface area contributed by atoms with Crippen LogP contribution in [-0.2, 0) is 28.6 Å². The molecule has 0 saturated carbocycles. The van der Waals surface area contributed by atoms with E-state index in [1.54, 1.807) is 0 Å². The van der Waals surface area contributed by atoms with Crippen molar-refractivity contribution < 1.29 is 28.6 Å². The molecule has 442 valence electrons. The molecule has 0 aliphatic heterocycles. The van der Waals surface area contributed by atoms with Crippen LogP contribution in [-0.4, -0.2) is 37.2 Å². The van der Waals surface area contributed by atoms with Crippen molar-refractivity contribution >= 4 is 17.9 Å². The Bertz CT molecular complexity index is 1510. The van der Waals surface area contributed by atoms with Crippen LogP contribution in [0.2, 0.25) is 0 Å². The molecule has 1 unspecified atom stereocenters. The van der Waals surface area contributed by atoms with E-state index in [4.69, 9.17) is 14.2 Å². The Kier molecular flexibility index (Phi) is 61.8. The van der Waals surface area contributed by atoms with Crippen LogP contribution in [0.4, 0.5) is 0 Å². The fourth-order valence-electron chi connectivity index (χ4n) is 9.14.